The summed E-state index contributed by atoms with van der Waals surface area (Å²) in [6.07, 6.45) is 13.3. The molecule has 3 amide bonds. The van der Waals surface area contributed by atoms with E-state index in [4.69, 9.17) is 44.1 Å². The molecule has 0 aliphatic carbocycles. The quantitative estimate of drug-likeness (QED) is 0.0676. The minimum absolute atomic E-state index is 0.000964. The fraction of sp³-hybridized carbons (Fsp3) is 0.420. The van der Waals surface area contributed by atoms with Crippen LogP contribution in [0.2, 0.25) is 0 Å². The maximum Gasteiger partial charge on any atom is 0.318 e. The van der Waals surface area contributed by atoms with Gasteiger partial charge in [0.05, 0.1) is 55.0 Å². The van der Waals surface area contributed by atoms with Crippen LogP contribution in [0.3, 0.4) is 0 Å². The number of phenols is 3. The molecule has 112 heavy (non-hydrogen) atoms. The van der Waals surface area contributed by atoms with Crippen LogP contribution in [0.5, 0.6) is 35.3 Å². The lowest BCUT2D eigenvalue weighted by Gasteiger charge is -2.43. The first-order chi connectivity index (χ1) is 54.4. The molecule has 5 fully saturated rings. The normalized spacial score (nSPS) is 20.2. The highest BCUT2D eigenvalue weighted by Gasteiger charge is 2.46. The van der Waals surface area contributed by atoms with Crippen LogP contribution >= 0.6 is 0 Å². The number of fused-ring (bicyclic) bond motifs is 10. The van der Waals surface area contributed by atoms with Crippen molar-refractivity contribution in [3.05, 3.63) is 181 Å². The zero-order chi connectivity index (χ0) is 78.0. The standard InChI is InChI=1S/2C30H35N5O3.C28H33N5O3/c1-4-19(3)38-30-31-26-18-33(27-15-23(36)14-20-8-6-7-9-24(20)27)13-12-25(26)29(32-30)34-16-21-10-11-22(17-34)35(21)28(37)5-2;1-4-19(3)38-30-31-26-18-33(27-15-23(36)14-20-8-6-7-9-24(20)27)13-12-25(26)29(32-30)35-21-10-11-22(35)17-34(16-21)28(37)5-2;1-4-16-36-28-29-26-19(3)33(24-18-21(34)17-20-8-6-7-9-22(20)24)11-10-23(26)27(30-28)32-14-12-31(13-15-32)25(35)5-2/h2*5-9,14-15,19,21-22,36H,2,4,10-13,16-18H2,1,3H3;5-9,17-19,34H,2,4,10-16H2,1,3H3. The van der Waals surface area contributed by atoms with Gasteiger partial charge in [-0.25, -0.2) is 0 Å². The Morgan fingerprint density at radius 1 is 0.482 bits per heavy atom. The average molecular weight is 1510 g/mol. The molecule has 11 heterocycles. The van der Waals surface area contributed by atoms with Gasteiger partial charge in [0.15, 0.2) is 0 Å². The van der Waals surface area contributed by atoms with Gasteiger partial charge in [0.25, 0.3) is 0 Å². The van der Waals surface area contributed by atoms with Crippen molar-refractivity contribution in [3.63, 3.8) is 0 Å². The second-order valence-corrected chi connectivity index (χ2v) is 30.7. The largest absolute Gasteiger partial charge is 0.508 e. The van der Waals surface area contributed by atoms with E-state index >= 15 is 0 Å². The lowest BCUT2D eigenvalue weighted by atomic mass is 9.96. The zero-order valence-corrected chi connectivity index (χ0v) is 65.3. The number of ether oxygens (including phenoxy) is 3. The fourth-order valence-corrected chi connectivity index (χ4v) is 17.7. The van der Waals surface area contributed by atoms with Crippen LogP contribution in [-0.4, -0.2) is 193 Å². The molecular formula is C88H103N15O9. The molecule has 0 spiro atoms. The Hall–Kier alpha value is -11.4. The van der Waals surface area contributed by atoms with Gasteiger partial charge in [-0.3, -0.25) is 14.4 Å². The number of rotatable bonds is 18. The van der Waals surface area contributed by atoms with Crippen molar-refractivity contribution >= 4 is 84.6 Å². The van der Waals surface area contributed by atoms with Crippen LogP contribution < -0.4 is 43.6 Å². The number of aromatic hydroxyl groups is 3. The van der Waals surface area contributed by atoms with Gasteiger partial charge in [-0.05, 0) is 138 Å². The van der Waals surface area contributed by atoms with E-state index in [1.165, 1.54) is 23.8 Å². The number of carbonyl (C=O) groups is 3. The Balaban J connectivity index is 0.000000133. The molecule has 3 aromatic heterocycles. The summed E-state index contributed by atoms with van der Waals surface area (Å²) in [4.78, 5) is 86.2. The molecule has 24 heteroatoms. The summed E-state index contributed by atoms with van der Waals surface area (Å²) in [5.74, 6) is 3.58. The van der Waals surface area contributed by atoms with Gasteiger partial charge in [0.2, 0.25) is 17.7 Å². The van der Waals surface area contributed by atoms with E-state index in [1.807, 2.05) is 107 Å². The Bertz CT molecular complexity index is 5020. The van der Waals surface area contributed by atoms with Crippen molar-refractivity contribution in [1.29, 1.82) is 0 Å². The van der Waals surface area contributed by atoms with Gasteiger partial charge >= 0.3 is 18.0 Å². The number of hydrogen-bond acceptors (Lipinski definition) is 21. The summed E-state index contributed by atoms with van der Waals surface area (Å²) < 4.78 is 18.2. The first kappa shape index (κ1) is 76.0. The van der Waals surface area contributed by atoms with Gasteiger partial charge in [-0.2, -0.15) is 29.9 Å². The summed E-state index contributed by atoms with van der Waals surface area (Å²) >= 11 is 0. The van der Waals surface area contributed by atoms with Crippen molar-refractivity contribution in [1.82, 2.24) is 44.6 Å². The summed E-state index contributed by atoms with van der Waals surface area (Å²) in [5.41, 5.74) is 9.35. The first-order valence-electron chi connectivity index (χ1n) is 40.0. The van der Waals surface area contributed by atoms with E-state index in [0.29, 0.717) is 77.0 Å². The highest BCUT2D eigenvalue weighted by molar-refractivity contribution is 5.98. The number of nitrogens with zero attached hydrogens (tertiary/aromatic N) is 15. The summed E-state index contributed by atoms with van der Waals surface area (Å²) in [6, 6.07) is 37.4. The fourth-order valence-electron chi connectivity index (χ4n) is 17.7. The number of piperazine rings is 3. The third-order valence-corrected chi connectivity index (χ3v) is 23.7. The molecule has 8 aliphatic rings. The van der Waals surface area contributed by atoms with E-state index in [2.05, 4.69) is 95.0 Å². The summed E-state index contributed by atoms with van der Waals surface area (Å²) in [6.45, 7) is 33.2. The molecule has 5 saturated heterocycles. The van der Waals surface area contributed by atoms with Gasteiger partial charge in [0, 0.05) is 164 Å². The van der Waals surface area contributed by atoms with Crippen molar-refractivity contribution in [2.24, 2.45) is 0 Å². The maximum absolute atomic E-state index is 12.5. The molecule has 6 aromatic carbocycles. The number of phenolic OH excluding ortho intramolecular Hbond substituents is 3. The lowest BCUT2D eigenvalue weighted by molar-refractivity contribution is -0.129. The molecule has 7 atom stereocenters. The van der Waals surface area contributed by atoms with E-state index in [9.17, 15) is 29.7 Å². The predicted molar refractivity (Wildman–Crippen MR) is 440 cm³/mol. The van der Waals surface area contributed by atoms with Crippen molar-refractivity contribution in [2.45, 2.75) is 161 Å². The maximum atomic E-state index is 12.5. The van der Waals surface area contributed by atoms with Crippen molar-refractivity contribution in [2.75, 3.05) is 108 Å². The Labute approximate surface area is 655 Å². The molecule has 584 valence electrons. The smallest absolute Gasteiger partial charge is 0.318 e. The number of anilines is 6. The molecule has 17 rings (SSSR count). The van der Waals surface area contributed by atoms with E-state index < -0.39 is 0 Å². The number of carbonyl (C=O) groups excluding carboxylic acids is 3. The van der Waals surface area contributed by atoms with E-state index in [0.717, 1.165) is 192 Å². The second kappa shape index (κ2) is 32.9. The van der Waals surface area contributed by atoms with E-state index in [-0.39, 0.29) is 77.4 Å². The monoisotopic (exact) mass is 1510 g/mol. The Morgan fingerprint density at radius 2 is 0.929 bits per heavy atom. The van der Waals surface area contributed by atoms with Crippen molar-refractivity contribution in [3.8, 4) is 35.3 Å². The minimum atomic E-state index is -0.0340. The van der Waals surface area contributed by atoms with Crippen LogP contribution in [0.25, 0.3) is 32.3 Å². The van der Waals surface area contributed by atoms with Crippen LogP contribution in [0, 0.1) is 0 Å². The first-order valence-corrected chi connectivity index (χ1v) is 40.0. The van der Waals surface area contributed by atoms with Crippen LogP contribution in [0.1, 0.15) is 126 Å². The number of amides is 3. The molecule has 9 aromatic rings. The SMILES string of the molecule is C=CC(=O)N1C2CCC1CN(c1nc(OC(C)CC)nc3c1CCN(c1cc(O)cc4ccccc14)C3)C2.C=CC(=O)N1CC2CCC(C1)N2c1nc(OC(C)CC)nc2c1CCN(c1cc(O)cc3ccccc13)C2.C=CC(=O)N1CCN(c2nc(OCCC)nc3c2CCN(c2cc(O)cc4ccccc24)C3C)CC1. The highest BCUT2D eigenvalue weighted by atomic mass is 16.5. The molecule has 0 radical (unpaired) electrons. The lowest BCUT2D eigenvalue weighted by Crippen LogP contribution is -2.56. The molecule has 4 bridgehead atoms. The molecule has 7 unspecified atom stereocenters. The van der Waals surface area contributed by atoms with Crippen LogP contribution in [0.4, 0.5) is 34.5 Å². The Morgan fingerprint density at radius 3 is 1.44 bits per heavy atom. The van der Waals surface area contributed by atoms with Crippen LogP contribution in [0.15, 0.2) is 147 Å². The minimum Gasteiger partial charge on any atom is -0.508 e. The molecule has 8 aliphatic heterocycles. The summed E-state index contributed by atoms with van der Waals surface area (Å²) in [7, 11) is 0. The van der Waals surface area contributed by atoms with Crippen LogP contribution in [-0.2, 0) is 46.7 Å². The number of benzene rings is 6. The molecule has 3 N–H and O–H groups in total. The molecular weight excluding hydrogens is 1410 g/mol. The zero-order valence-electron chi connectivity index (χ0n) is 65.3. The van der Waals surface area contributed by atoms with Gasteiger partial charge in [-0.1, -0.05) is 113 Å². The van der Waals surface area contributed by atoms with E-state index in [1.54, 1.807) is 12.1 Å². The average Bonchev–Trinajstić information content (AvgIpc) is 0.939. The number of likely N-dealkylation sites (tertiary alicyclic amines) is 1. The van der Waals surface area contributed by atoms with Gasteiger partial charge in [-0.15, -0.1) is 0 Å². The molecule has 24 nitrogen and oxygen atoms in total. The van der Waals surface area contributed by atoms with Gasteiger partial charge < -0.3 is 73.6 Å². The third kappa shape index (κ3) is 15.4. The third-order valence-electron chi connectivity index (χ3n) is 23.7. The topological polar surface area (TPSA) is 246 Å². The Kier molecular flexibility index (Phi) is 22.3. The summed E-state index contributed by atoms with van der Waals surface area (Å²) in [5, 5.41) is 37.7. The van der Waals surface area contributed by atoms with Crippen molar-refractivity contribution < 1.29 is 43.9 Å². The van der Waals surface area contributed by atoms with Gasteiger partial charge in [0.1, 0.15) is 34.7 Å². The number of aromatic nitrogens is 6. The molecule has 0 saturated carbocycles. The predicted octanol–water partition coefficient (Wildman–Crippen LogP) is 13.0. The highest BCUT2D eigenvalue weighted by Crippen LogP contribution is 2.45. The number of hydrogen-bond donors (Lipinski definition) is 3. The second-order valence-electron chi connectivity index (χ2n) is 30.7.